The van der Waals surface area contributed by atoms with E-state index in [1.807, 2.05) is 0 Å². The number of nitro groups is 1. The highest BCUT2D eigenvalue weighted by Crippen LogP contribution is 2.16. The lowest BCUT2D eigenvalue weighted by Gasteiger charge is -2.07. The molecule has 0 unspecified atom stereocenters. The summed E-state index contributed by atoms with van der Waals surface area (Å²) >= 11 is 0. The Morgan fingerprint density at radius 3 is 2.52 bits per heavy atom. The van der Waals surface area contributed by atoms with Gasteiger partial charge < -0.3 is 9.84 Å². The SMILES string of the molecule is COC(=O)c1nn(-c2ccc([N+](=O)[O-])cc2)c(=O)cc1O. The molecule has 2 aromatic rings. The van der Waals surface area contributed by atoms with Crippen LogP contribution in [0.15, 0.2) is 35.1 Å². The van der Waals surface area contributed by atoms with Gasteiger partial charge in [0.25, 0.3) is 11.2 Å². The molecule has 0 aliphatic rings. The van der Waals surface area contributed by atoms with E-state index >= 15 is 0 Å². The predicted molar refractivity (Wildman–Crippen MR) is 69.5 cm³/mol. The topological polar surface area (TPSA) is 125 Å². The molecular formula is C12H9N3O6. The van der Waals surface area contributed by atoms with Crippen LogP contribution < -0.4 is 5.56 Å². The van der Waals surface area contributed by atoms with Crippen molar-refractivity contribution in [1.29, 1.82) is 0 Å². The average Bonchev–Trinajstić information content (AvgIpc) is 2.47. The predicted octanol–water partition coefficient (Wildman–Crippen LogP) is 0.633. The number of non-ortho nitro benzene ring substituents is 1. The smallest absolute Gasteiger partial charge is 0.362 e. The second kappa shape index (κ2) is 5.41. The number of aromatic hydroxyl groups is 1. The van der Waals surface area contributed by atoms with Crippen molar-refractivity contribution in [3.8, 4) is 11.4 Å². The van der Waals surface area contributed by atoms with Crippen LogP contribution in [0.5, 0.6) is 5.75 Å². The van der Waals surface area contributed by atoms with Gasteiger partial charge in [-0.25, -0.2) is 4.79 Å². The van der Waals surface area contributed by atoms with Crippen molar-refractivity contribution in [3.05, 3.63) is 56.5 Å². The largest absolute Gasteiger partial charge is 0.505 e. The molecule has 2 rings (SSSR count). The van der Waals surface area contributed by atoms with Crippen LogP contribution in [0.3, 0.4) is 0 Å². The van der Waals surface area contributed by atoms with Crippen molar-refractivity contribution in [2.75, 3.05) is 7.11 Å². The van der Waals surface area contributed by atoms with Gasteiger partial charge in [-0.15, -0.1) is 0 Å². The molecule has 0 radical (unpaired) electrons. The fourth-order valence-corrected chi connectivity index (χ4v) is 1.59. The van der Waals surface area contributed by atoms with Gasteiger partial charge in [0.2, 0.25) is 5.69 Å². The van der Waals surface area contributed by atoms with E-state index in [0.717, 1.165) is 17.9 Å². The molecule has 0 bridgehead atoms. The van der Waals surface area contributed by atoms with Crippen molar-refractivity contribution < 1.29 is 19.6 Å². The van der Waals surface area contributed by atoms with Gasteiger partial charge in [-0.3, -0.25) is 14.9 Å². The number of benzene rings is 1. The molecule has 0 atom stereocenters. The molecular weight excluding hydrogens is 282 g/mol. The van der Waals surface area contributed by atoms with E-state index in [4.69, 9.17) is 0 Å². The van der Waals surface area contributed by atoms with E-state index in [1.165, 1.54) is 24.3 Å². The third kappa shape index (κ3) is 2.71. The Kier molecular flexibility index (Phi) is 3.65. The van der Waals surface area contributed by atoms with Gasteiger partial charge in [-0.2, -0.15) is 9.78 Å². The van der Waals surface area contributed by atoms with Crippen LogP contribution >= 0.6 is 0 Å². The Labute approximate surface area is 117 Å². The number of nitrogens with zero attached hydrogens (tertiary/aromatic N) is 3. The zero-order valence-corrected chi connectivity index (χ0v) is 10.7. The van der Waals surface area contributed by atoms with E-state index < -0.39 is 27.9 Å². The van der Waals surface area contributed by atoms with Crippen molar-refractivity contribution in [2.45, 2.75) is 0 Å². The summed E-state index contributed by atoms with van der Waals surface area (Å²) in [6.07, 6.45) is 0. The summed E-state index contributed by atoms with van der Waals surface area (Å²) in [5.74, 6) is -1.52. The van der Waals surface area contributed by atoms with Gasteiger partial charge in [-0.05, 0) is 12.1 Å². The lowest BCUT2D eigenvalue weighted by molar-refractivity contribution is -0.384. The molecule has 9 heteroatoms. The lowest BCUT2D eigenvalue weighted by Crippen LogP contribution is -2.23. The fourth-order valence-electron chi connectivity index (χ4n) is 1.59. The molecule has 0 aliphatic carbocycles. The summed E-state index contributed by atoms with van der Waals surface area (Å²) in [7, 11) is 1.10. The maximum Gasteiger partial charge on any atom is 0.362 e. The molecule has 0 fully saturated rings. The number of aromatic nitrogens is 2. The Hall–Kier alpha value is -3.23. The zero-order chi connectivity index (χ0) is 15.6. The summed E-state index contributed by atoms with van der Waals surface area (Å²) in [6.45, 7) is 0. The molecule has 0 amide bonds. The van der Waals surface area contributed by atoms with Crippen LogP contribution in [-0.4, -0.2) is 32.9 Å². The quantitative estimate of drug-likeness (QED) is 0.499. The van der Waals surface area contributed by atoms with Crippen LogP contribution in [-0.2, 0) is 4.74 Å². The molecule has 21 heavy (non-hydrogen) atoms. The number of ether oxygens (including phenoxy) is 1. The van der Waals surface area contributed by atoms with E-state index in [1.54, 1.807) is 0 Å². The first-order chi connectivity index (χ1) is 9.93. The van der Waals surface area contributed by atoms with Gasteiger partial charge in [0.1, 0.15) is 0 Å². The highest BCUT2D eigenvalue weighted by Gasteiger charge is 2.17. The van der Waals surface area contributed by atoms with Crippen molar-refractivity contribution in [2.24, 2.45) is 0 Å². The molecule has 1 N–H and O–H groups in total. The Balaban J connectivity index is 2.55. The molecule has 1 heterocycles. The Morgan fingerprint density at radius 2 is 2.00 bits per heavy atom. The normalized spacial score (nSPS) is 10.1. The van der Waals surface area contributed by atoms with E-state index in [0.29, 0.717) is 0 Å². The zero-order valence-electron chi connectivity index (χ0n) is 10.7. The van der Waals surface area contributed by atoms with Gasteiger partial charge >= 0.3 is 5.97 Å². The summed E-state index contributed by atoms with van der Waals surface area (Å²) in [5.41, 5.74) is -1.08. The van der Waals surface area contributed by atoms with E-state index in [9.17, 15) is 24.8 Å². The second-order valence-electron chi connectivity index (χ2n) is 3.89. The maximum atomic E-state index is 11.8. The first-order valence-corrected chi connectivity index (χ1v) is 5.60. The highest BCUT2D eigenvalue weighted by atomic mass is 16.6. The van der Waals surface area contributed by atoms with Gasteiger partial charge in [-0.1, -0.05) is 0 Å². The molecule has 9 nitrogen and oxygen atoms in total. The van der Waals surface area contributed by atoms with Crippen molar-refractivity contribution in [1.82, 2.24) is 9.78 Å². The number of carbonyl (C=O) groups excluding carboxylic acids is 1. The van der Waals surface area contributed by atoms with Crippen LogP contribution in [0.2, 0.25) is 0 Å². The lowest BCUT2D eigenvalue weighted by atomic mass is 10.3. The van der Waals surface area contributed by atoms with Gasteiger partial charge in [0.15, 0.2) is 5.75 Å². The Bertz CT molecular complexity index is 766. The van der Waals surface area contributed by atoms with E-state index in [2.05, 4.69) is 9.84 Å². The molecule has 1 aromatic carbocycles. The minimum Gasteiger partial charge on any atom is -0.505 e. The number of nitro benzene ring substituents is 1. The molecule has 0 saturated carbocycles. The Morgan fingerprint density at radius 1 is 1.38 bits per heavy atom. The second-order valence-corrected chi connectivity index (χ2v) is 3.89. The monoisotopic (exact) mass is 291 g/mol. The standard InChI is InChI=1S/C12H9N3O6/c1-21-12(18)11-9(16)6-10(17)14(13-11)7-2-4-8(5-3-7)15(19)20/h2-6,16H,1H3. The highest BCUT2D eigenvalue weighted by molar-refractivity contribution is 5.89. The average molecular weight is 291 g/mol. The molecule has 0 spiro atoms. The van der Waals surface area contributed by atoms with Gasteiger partial charge in [0, 0.05) is 18.2 Å². The summed E-state index contributed by atoms with van der Waals surface area (Å²) < 4.78 is 5.26. The maximum absolute atomic E-state index is 11.8. The fraction of sp³-hybridized carbons (Fsp3) is 0.0833. The molecule has 1 aromatic heterocycles. The third-order valence-electron chi connectivity index (χ3n) is 2.60. The van der Waals surface area contributed by atoms with Crippen LogP contribution in [0, 0.1) is 10.1 Å². The minimum absolute atomic E-state index is 0.154. The number of hydrogen-bond donors (Lipinski definition) is 1. The summed E-state index contributed by atoms with van der Waals surface area (Å²) in [5, 5.41) is 23.8. The van der Waals surface area contributed by atoms with Gasteiger partial charge in [0.05, 0.1) is 17.7 Å². The van der Waals surface area contributed by atoms with Crippen molar-refractivity contribution >= 4 is 11.7 Å². The summed E-state index contributed by atoms with van der Waals surface area (Å²) in [4.78, 5) is 33.2. The van der Waals surface area contributed by atoms with E-state index in [-0.39, 0.29) is 11.4 Å². The van der Waals surface area contributed by atoms with Crippen LogP contribution in [0.4, 0.5) is 5.69 Å². The first-order valence-electron chi connectivity index (χ1n) is 5.60. The molecule has 108 valence electrons. The van der Waals surface area contributed by atoms with Crippen molar-refractivity contribution in [3.63, 3.8) is 0 Å². The number of rotatable bonds is 3. The number of hydrogen-bond acceptors (Lipinski definition) is 7. The third-order valence-corrected chi connectivity index (χ3v) is 2.60. The number of carbonyl (C=O) groups is 1. The first kappa shape index (κ1) is 14.2. The molecule has 0 aliphatic heterocycles. The molecule has 0 saturated heterocycles. The van der Waals surface area contributed by atoms with Crippen LogP contribution in [0.1, 0.15) is 10.5 Å². The van der Waals surface area contributed by atoms with Crippen LogP contribution in [0.25, 0.3) is 5.69 Å². The number of esters is 1. The minimum atomic E-state index is -0.914. The summed E-state index contributed by atoms with van der Waals surface area (Å²) in [6, 6.07) is 5.78. The number of methoxy groups -OCH3 is 1.